The third-order valence-electron chi connectivity index (χ3n) is 3.43. The Morgan fingerprint density at radius 3 is 1.95 bits per heavy atom. The number of aldehydes is 1. The minimum atomic E-state index is -0.666. The van der Waals surface area contributed by atoms with Crippen molar-refractivity contribution in [1.29, 1.82) is 0 Å². The van der Waals surface area contributed by atoms with Crippen molar-refractivity contribution in [3.63, 3.8) is 0 Å². The Bertz CT molecular complexity index is 599. The lowest BCUT2D eigenvalue weighted by atomic mass is 10.0. The van der Waals surface area contributed by atoms with Gasteiger partial charge in [0.25, 0.3) is 0 Å². The van der Waals surface area contributed by atoms with Crippen molar-refractivity contribution >= 4 is 12.2 Å². The molecule has 22 heavy (non-hydrogen) atoms. The number of rotatable bonds is 7. The van der Waals surface area contributed by atoms with E-state index in [0.717, 1.165) is 17.4 Å². The molecule has 0 aliphatic heterocycles. The molecule has 0 spiro atoms. The third-order valence-corrected chi connectivity index (χ3v) is 3.43. The van der Waals surface area contributed by atoms with E-state index in [0.29, 0.717) is 12.8 Å². The van der Waals surface area contributed by atoms with Gasteiger partial charge in [0.05, 0.1) is 12.1 Å². The molecular weight excluding hydrogens is 276 g/mol. The van der Waals surface area contributed by atoms with E-state index < -0.39 is 12.1 Å². The van der Waals surface area contributed by atoms with Crippen molar-refractivity contribution in [2.45, 2.75) is 24.9 Å². The fourth-order valence-corrected chi connectivity index (χ4v) is 2.25. The van der Waals surface area contributed by atoms with Crippen LogP contribution in [0.1, 0.15) is 11.1 Å². The molecule has 2 aromatic carbocycles. The molecule has 0 unspecified atom stereocenters. The lowest BCUT2D eigenvalue weighted by Crippen LogP contribution is -2.47. The molecule has 2 atom stereocenters. The maximum Gasteiger partial charge on any atom is 0.237 e. The Hall–Kier alpha value is -2.46. The first-order valence-electron chi connectivity index (χ1n) is 7.28. The summed E-state index contributed by atoms with van der Waals surface area (Å²) in [7, 11) is 0. The molecule has 0 aliphatic carbocycles. The predicted octanol–water partition coefficient (Wildman–Crippen LogP) is 1.48. The van der Waals surface area contributed by atoms with E-state index in [4.69, 9.17) is 5.73 Å². The summed E-state index contributed by atoms with van der Waals surface area (Å²) >= 11 is 0. The molecule has 2 aromatic rings. The monoisotopic (exact) mass is 296 g/mol. The molecule has 0 radical (unpaired) electrons. The van der Waals surface area contributed by atoms with E-state index in [1.54, 1.807) is 0 Å². The fourth-order valence-electron chi connectivity index (χ4n) is 2.25. The maximum atomic E-state index is 12.1. The van der Waals surface area contributed by atoms with Crippen molar-refractivity contribution in [1.82, 2.24) is 5.32 Å². The summed E-state index contributed by atoms with van der Waals surface area (Å²) in [5, 5.41) is 2.70. The van der Waals surface area contributed by atoms with E-state index in [2.05, 4.69) is 5.32 Å². The molecule has 2 rings (SSSR count). The van der Waals surface area contributed by atoms with Crippen LogP contribution in [0.4, 0.5) is 0 Å². The van der Waals surface area contributed by atoms with Gasteiger partial charge in [0.1, 0.15) is 6.29 Å². The molecule has 0 saturated heterocycles. The van der Waals surface area contributed by atoms with Crippen LogP contribution < -0.4 is 11.1 Å². The summed E-state index contributed by atoms with van der Waals surface area (Å²) in [6, 6.07) is 17.9. The zero-order valence-corrected chi connectivity index (χ0v) is 12.3. The van der Waals surface area contributed by atoms with E-state index in [-0.39, 0.29) is 5.91 Å². The Morgan fingerprint density at radius 1 is 0.955 bits per heavy atom. The highest BCUT2D eigenvalue weighted by atomic mass is 16.2. The molecular formula is C18H20N2O2. The van der Waals surface area contributed by atoms with Crippen molar-refractivity contribution in [2.24, 2.45) is 5.73 Å². The Balaban J connectivity index is 1.90. The van der Waals surface area contributed by atoms with Gasteiger partial charge < -0.3 is 15.8 Å². The summed E-state index contributed by atoms with van der Waals surface area (Å²) in [5.41, 5.74) is 7.91. The summed E-state index contributed by atoms with van der Waals surface area (Å²) in [4.78, 5) is 23.3. The van der Waals surface area contributed by atoms with Crippen LogP contribution in [0.25, 0.3) is 0 Å². The minimum Gasteiger partial charge on any atom is -0.345 e. The highest BCUT2D eigenvalue weighted by molar-refractivity contribution is 5.84. The summed E-state index contributed by atoms with van der Waals surface area (Å²) in [6.45, 7) is 0. The number of nitrogens with two attached hydrogens (primary N) is 1. The van der Waals surface area contributed by atoms with Crippen LogP contribution >= 0.6 is 0 Å². The maximum absolute atomic E-state index is 12.1. The number of carbonyl (C=O) groups is 2. The quantitative estimate of drug-likeness (QED) is 0.760. The van der Waals surface area contributed by atoms with Gasteiger partial charge in [-0.1, -0.05) is 60.7 Å². The standard InChI is InChI=1S/C18H20N2O2/c19-17(12-15-9-5-2-6-10-15)18(22)20-16(13-21)11-14-7-3-1-4-8-14/h1-10,13,16-17H,11-12,19H2,(H,20,22)/t16-,17+/m0/s1. The summed E-state index contributed by atoms with van der Waals surface area (Å²) in [5.74, 6) is -0.308. The fraction of sp³-hybridized carbons (Fsp3) is 0.222. The van der Waals surface area contributed by atoms with Crippen LogP contribution in [-0.2, 0) is 22.4 Å². The van der Waals surface area contributed by atoms with Gasteiger partial charge in [0.15, 0.2) is 0 Å². The topological polar surface area (TPSA) is 72.2 Å². The first-order chi connectivity index (χ1) is 10.7. The lowest BCUT2D eigenvalue weighted by molar-refractivity contribution is -0.125. The normalized spacial score (nSPS) is 13.1. The molecule has 0 bridgehead atoms. The van der Waals surface area contributed by atoms with Gasteiger partial charge in [-0.25, -0.2) is 0 Å². The molecule has 1 amide bonds. The van der Waals surface area contributed by atoms with Gasteiger partial charge in [-0.05, 0) is 24.0 Å². The second kappa shape index (κ2) is 8.10. The highest BCUT2D eigenvalue weighted by Gasteiger charge is 2.18. The molecule has 0 aliphatic rings. The van der Waals surface area contributed by atoms with Gasteiger partial charge in [-0.2, -0.15) is 0 Å². The number of amides is 1. The molecule has 114 valence electrons. The smallest absolute Gasteiger partial charge is 0.237 e. The van der Waals surface area contributed by atoms with E-state index in [1.165, 1.54) is 0 Å². The molecule has 4 nitrogen and oxygen atoms in total. The number of nitrogens with one attached hydrogen (secondary N) is 1. The largest absolute Gasteiger partial charge is 0.345 e. The highest BCUT2D eigenvalue weighted by Crippen LogP contribution is 2.04. The second-order valence-electron chi connectivity index (χ2n) is 5.24. The van der Waals surface area contributed by atoms with Crippen LogP contribution in [0.3, 0.4) is 0 Å². The Morgan fingerprint density at radius 2 is 1.45 bits per heavy atom. The van der Waals surface area contributed by atoms with Crippen molar-refractivity contribution in [3.05, 3.63) is 71.8 Å². The van der Waals surface area contributed by atoms with E-state index in [9.17, 15) is 9.59 Å². The minimum absolute atomic E-state index is 0.308. The number of carbonyl (C=O) groups excluding carboxylic acids is 2. The van der Waals surface area contributed by atoms with Gasteiger partial charge in [0, 0.05) is 0 Å². The van der Waals surface area contributed by atoms with Gasteiger partial charge >= 0.3 is 0 Å². The predicted molar refractivity (Wildman–Crippen MR) is 86.3 cm³/mol. The molecule has 0 aromatic heterocycles. The van der Waals surface area contributed by atoms with E-state index >= 15 is 0 Å². The van der Waals surface area contributed by atoms with Crippen LogP contribution in [0.2, 0.25) is 0 Å². The van der Waals surface area contributed by atoms with Crippen LogP contribution in [0.15, 0.2) is 60.7 Å². The molecule has 0 fully saturated rings. The SMILES string of the molecule is N[C@H](Cc1ccccc1)C(=O)N[C@H](C=O)Cc1ccccc1. The summed E-state index contributed by atoms with van der Waals surface area (Å²) < 4.78 is 0. The zero-order chi connectivity index (χ0) is 15.8. The number of benzene rings is 2. The zero-order valence-electron chi connectivity index (χ0n) is 12.3. The van der Waals surface area contributed by atoms with Gasteiger partial charge in [-0.3, -0.25) is 4.79 Å². The van der Waals surface area contributed by atoms with Gasteiger partial charge in [-0.15, -0.1) is 0 Å². The Kier molecular flexibility index (Phi) is 5.86. The Labute approximate surface area is 130 Å². The first kappa shape index (κ1) is 15.9. The molecule has 0 heterocycles. The average Bonchev–Trinajstić information content (AvgIpc) is 2.56. The van der Waals surface area contributed by atoms with Crippen molar-refractivity contribution in [3.8, 4) is 0 Å². The first-order valence-corrected chi connectivity index (χ1v) is 7.28. The molecule has 4 heteroatoms. The van der Waals surface area contributed by atoms with Crippen molar-refractivity contribution in [2.75, 3.05) is 0 Å². The summed E-state index contributed by atoms with van der Waals surface area (Å²) in [6.07, 6.45) is 1.66. The van der Waals surface area contributed by atoms with Crippen LogP contribution in [-0.4, -0.2) is 24.3 Å². The lowest BCUT2D eigenvalue weighted by Gasteiger charge is -2.17. The van der Waals surface area contributed by atoms with E-state index in [1.807, 2.05) is 60.7 Å². The van der Waals surface area contributed by atoms with Crippen LogP contribution in [0.5, 0.6) is 0 Å². The van der Waals surface area contributed by atoms with Crippen LogP contribution in [0, 0.1) is 0 Å². The van der Waals surface area contributed by atoms with Crippen molar-refractivity contribution < 1.29 is 9.59 Å². The van der Waals surface area contributed by atoms with Gasteiger partial charge in [0.2, 0.25) is 5.91 Å². The molecule has 3 N–H and O–H groups in total. The number of hydrogen-bond acceptors (Lipinski definition) is 3. The average molecular weight is 296 g/mol. The third kappa shape index (κ3) is 4.82. The second-order valence-corrected chi connectivity index (χ2v) is 5.24. The molecule has 0 saturated carbocycles. The number of hydrogen-bond donors (Lipinski definition) is 2.